The van der Waals surface area contributed by atoms with Gasteiger partial charge in [0.1, 0.15) is 10.1 Å². The summed E-state index contributed by atoms with van der Waals surface area (Å²) in [5.41, 5.74) is 2.45. The van der Waals surface area contributed by atoms with Crippen LogP contribution in [0, 0.1) is 6.92 Å². The number of benzene rings is 1. The van der Waals surface area contributed by atoms with E-state index in [1.807, 2.05) is 6.92 Å². The second-order valence-corrected chi connectivity index (χ2v) is 11.4. The van der Waals surface area contributed by atoms with E-state index in [0.29, 0.717) is 18.5 Å². The number of nitrogens with one attached hydrogen (secondary N) is 1. The maximum absolute atomic E-state index is 11.9. The van der Waals surface area contributed by atoms with Gasteiger partial charge in [-0.15, -0.1) is 0 Å². The number of rotatable bonds is 18. The first-order valence-corrected chi connectivity index (χ1v) is 14.4. The van der Waals surface area contributed by atoms with Gasteiger partial charge >= 0.3 is 0 Å². The van der Waals surface area contributed by atoms with Gasteiger partial charge in [0.2, 0.25) is 5.91 Å². The molecule has 0 saturated heterocycles. The summed E-state index contributed by atoms with van der Waals surface area (Å²) in [5.74, 6) is -0.183. The lowest BCUT2D eigenvalue weighted by Crippen LogP contribution is -2.25. The molecule has 0 aliphatic carbocycles. The minimum Gasteiger partial charge on any atom is -0.744 e. The van der Waals surface area contributed by atoms with Gasteiger partial charge in [0.25, 0.3) is 0 Å². The van der Waals surface area contributed by atoms with Crippen LogP contribution in [-0.4, -0.2) is 25.4 Å². The molecule has 1 aromatic carbocycles. The quantitative estimate of drug-likeness (QED) is 0.124. The Labute approximate surface area is 214 Å². The lowest BCUT2D eigenvalue weighted by Gasteiger charge is -2.30. The number of unbranched alkanes of at least 4 members (excludes halogenated alkanes) is 9. The van der Waals surface area contributed by atoms with E-state index >= 15 is 0 Å². The Morgan fingerprint density at radius 3 is 2.06 bits per heavy atom. The lowest BCUT2D eigenvalue weighted by molar-refractivity contribution is -0.116. The topological polar surface area (TPSA) is 123 Å². The predicted octanol–water partition coefficient (Wildman–Crippen LogP) is 7.10. The van der Waals surface area contributed by atoms with E-state index in [-0.39, 0.29) is 22.4 Å². The van der Waals surface area contributed by atoms with Crippen LogP contribution in [-0.2, 0) is 26.7 Å². The smallest absolute Gasteiger partial charge is 0.243 e. The zero-order chi connectivity index (χ0) is 25.6. The van der Waals surface area contributed by atoms with Gasteiger partial charge in [-0.1, -0.05) is 91.2 Å². The van der Waals surface area contributed by atoms with Gasteiger partial charge < -0.3 is 16.0 Å². The Hall–Kier alpha value is -1.70. The highest BCUT2D eigenvalue weighted by molar-refractivity contribution is 7.85. The van der Waals surface area contributed by atoms with Crippen molar-refractivity contribution in [2.45, 2.75) is 121 Å². The zero-order valence-corrected chi connectivity index (χ0v) is 23.7. The van der Waals surface area contributed by atoms with E-state index in [0.717, 1.165) is 43.2 Å². The highest BCUT2D eigenvalue weighted by Crippen LogP contribution is 2.35. The van der Waals surface area contributed by atoms with E-state index in [1.54, 1.807) is 6.07 Å². The Morgan fingerprint density at radius 1 is 1.00 bits per heavy atom. The van der Waals surface area contributed by atoms with Crippen molar-refractivity contribution in [3.8, 4) is 0 Å². The van der Waals surface area contributed by atoms with Crippen LogP contribution in [0.1, 0.15) is 115 Å². The summed E-state index contributed by atoms with van der Waals surface area (Å²) < 4.78 is 35.8. The van der Waals surface area contributed by atoms with Crippen LogP contribution < -0.4 is 11.5 Å². The molecule has 0 bridgehead atoms. The van der Waals surface area contributed by atoms with Crippen LogP contribution in [0.4, 0.5) is 0 Å². The van der Waals surface area contributed by atoms with Crippen LogP contribution >= 0.6 is 0 Å². The first-order valence-electron chi connectivity index (χ1n) is 13.0. The normalized spacial score (nSPS) is 11.7. The van der Waals surface area contributed by atoms with E-state index in [1.165, 1.54) is 57.1 Å². The summed E-state index contributed by atoms with van der Waals surface area (Å²) in [6, 6.07) is 3.29. The number of amides is 1. The maximum atomic E-state index is 11.9. The fourth-order valence-corrected chi connectivity index (χ4v) is 5.54. The van der Waals surface area contributed by atoms with E-state index < -0.39 is 10.1 Å². The third-order valence-corrected chi connectivity index (χ3v) is 7.72. The molecule has 0 aliphatic heterocycles. The number of hydrogen-bond acceptors (Lipinski definition) is 4. The van der Waals surface area contributed by atoms with Crippen molar-refractivity contribution >= 4 is 16.0 Å². The van der Waals surface area contributed by atoms with Crippen molar-refractivity contribution in [1.29, 1.82) is 0 Å². The fourth-order valence-electron chi connectivity index (χ4n) is 4.75. The maximum Gasteiger partial charge on any atom is 0.243 e. The number of hydrogen-bond donors (Lipinski definition) is 2. The summed E-state index contributed by atoms with van der Waals surface area (Å²) in [6.45, 7) is 12.4. The highest BCUT2D eigenvalue weighted by atomic mass is 32.2. The van der Waals surface area contributed by atoms with Crippen LogP contribution in [0.2, 0.25) is 0 Å². The molecule has 7 heteroatoms. The molecule has 0 atom stereocenters. The van der Waals surface area contributed by atoms with Crippen molar-refractivity contribution in [3.63, 3.8) is 0 Å². The molecule has 202 valence electrons. The molecule has 35 heavy (non-hydrogen) atoms. The molecular formula is C28H50N2O4S. The zero-order valence-electron chi connectivity index (χ0n) is 22.9. The third-order valence-electron chi connectivity index (χ3n) is 6.80. The van der Waals surface area contributed by atoms with Crippen molar-refractivity contribution < 1.29 is 17.8 Å². The predicted molar refractivity (Wildman–Crippen MR) is 146 cm³/mol. The first-order chi connectivity index (χ1) is 16.0. The Balaban J connectivity index is 0.0000116. The Kier molecular flexibility index (Phi) is 16.1. The van der Waals surface area contributed by atoms with Crippen molar-refractivity contribution in [3.05, 3.63) is 41.5 Å². The third kappa shape index (κ3) is 12.2. The SMILES string of the molecule is C=CC(=O)NCCCC(C)(C)c1ccc(S(=O)(=O)[O-])c(CCCCCCCCCCCC)c1C.[NH4+]. The van der Waals surface area contributed by atoms with Gasteiger partial charge in [-0.05, 0) is 66.9 Å². The van der Waals surface area contributed by atoms with Gasteiger partial charge in [0.05, 0.1) is 4.90 Å². The second kappa shape index (κ2) is 16.9. The molecule has 5 N–H and O–H groups in total. The highest BCUT2D eigenvalue weighted by Gasteiger charge is 2.25. The lowest BCUT2D eigenvalue weighted by atomic mass is 9.77. The number of carbonyl (C=O) groups excluding carboxylic acids is 1. The summed E-state index contributed by atoms with van der Waals surface area (Å²) in [6.07, 6.45) is 15.6. The molecular weight excluding hydrogens is 460 g/mol. The van der Waals surface area contributed by atoms with Crippen molar-refractivity contribution in [1.82, 2.24) is 11.5 Å². The van der Waals surface area contributed by atoms with Crippen LogP contribution in [0.15, 0.2) is 29.7 Å². The van der Waals surface area contributed by atoms with Gasteiger partial charge in [-0.25, -0.2) is 8.42 Å². The molecule has 1 rings (SSSR count). The molecule has 1 aromatic rings. The molecule has 0 aliphatic rings. The van der Waals surface area contributed by atoms with Gasteiger partial charge in [0.15, 0.2) is 0 Å². The molecule has 0 spiro atoms. The molecule has 0 saturated carbocycles. The molecule has 6 nitrogen and oxygen atoms in total. The molecule has 0 unspecified atom stereocenters. The number of quaternary nitrogens is 1. The standard InChI is InChI=1S/C28H47NO4S.H3N/c1-6-8-9-10-11-12-13-14-15-16-18-24-23(3)25(19-20-26(24)34(31,32)33)28(4,5)21-17-22-29-27(30)7-2;/h7,19-20H,2,6,8-18,21-22H2,1,3-5H3,(H,29,30)(H,31,32,33);1H3. The molecule has 0 aromatic heterocycles. The average Bonchev–Trinajstić information content (AvgIpc) is 2.77. The van der Waals surface area contributed by atoms with Crippen molar-refractivity contribution in [2.75, 3.05) is 6.54 Å². The minimum atomic E-state index is -4.52. The van der Waals surface area contributed by atoms with E-state index in [2.05, 4.69) is 32.7 Å². The fraction of sp³-hybridized carbons (Fsp3) is 0.679. The van der Waals surface area contributed by atoms with Crippen LogP contribution in [0.25, 0.3) is 0 Å². The van der Waals surface area contributed by atoms with E-state index in [9.17, 15) is 17.8 Å². The summed E-state index contributed by atoms with van der Waals surface area (Å²) >= 11 is 0. The largest absolute Gasteiger partial charge is 0.744 e. The van der Waals surface area contributed by atoms with E-state index in [4.69, 9.17) is 0 Å². The monoisotopic (exact) mass is 510 g/mol. The Bertz CT molecular complexity index is 879. The Morgan fingerprint density at radius 2 is 1.54 bits per heavy atom. The average molecular weight is 511 g/mol. The summed E-state index contributed by atoms with van der Waals surface area (Å²) in [4.78, 5) is 11.3. The number of carbonyl (C=O) groups is 1. The molecule has 0 radical (unpaired) electrons. The summed E-state index contributed by atoms with van der Waals surface area (Å²) in [5, 5.41) is 2.80. The summed E-state index contributed by atoms with van der Waals surface area (Å²) in [7, 11) is -4.52. The van der Waals surface area contributed by atoms with Crippen LogP contribution in [0.3, 0.4) is 0 Å². The van der Waals surface area contributed by atoms with Gasteiger partial charge in [-0.3, -0.25) is 4.79 Å². The molecule has 0 fully saturated rings. The molecule has 0 heterocycles. The van der Waals surface area contributed by atoms with Gasteiger partial charge in [-0.2, -0.15) is 0 Å². The first kappa shape index (κ1) is 33.3. The molecule has 1 amide bonds. The second-order valence-electron chi connectivity index (χ2n) is 10.1. The van der Waals surface area contributed by atoms with Crippen LogP contribution in [0.5, 0.6) is 0 Å². The minimum absolute atomic E-state index is 0. The van der Waals surface area contributed by atoms with Gasteiger partial charge in [0, 0.05) is 6.54 Å². The van der Waals surface area contributed by atoms with Crippen molar-refractivity contribution in [2.24, 2.45) is 0 Å².